The Bertz CT molecular complexity index is 545. The first-order valence-electron chi connectivity index (χ1n) is 5.53. The SMILES string of the molecule is CC(C)SCc1cc2cccc(C(=O)O)c2[nH]1. The molecule has 90 valence electrons. The lowest BCUT2D eigenvalue weighted by molar-refractivity contribution is 0.0699. The first-order valence-corrected chi connectivity index (χ1v) is 6.58. The van der Waals surface area contributed by atoms with Crippen LogP contribution in [0.5, 0.6) is 0 Å². The molecule has 0 atom stereocenters. The lowest BCUT2D eigenvalue weighted by Crippen LogP contribution is -1.97. The van der Waals surface area contributed by atoms with Crippen LogP contribution in [0, 0.1) is 0 Å². The van der Waals surface area contributed by atoms with Crippen LogP contribution in [-0.4, -0.2) is 21.3 Å². The van der Waals surface area contributed by atoms with E-state index in [1.807, 2.05) is 23.9 Å². The van der Waals surface area contributed by atoms with E-state index in [-0.39, 0.29) is 0 Å². The zero-order valence-electron chi connectivity index (χ0n) is 9.86. The molecule has 0 unspecified atom stereocenters. The van der Waals surface area contributed by atoms with Crippen molar-refractivity contribution in [3.8, 4) is 0 Å². The molecule has 17 heavy (non-hydrogen) atoms. The Labute approximate surface area is 104 Å². The van der Waals surface area contributed by atoms with E-state index in [4.69, 9.17) is 5.11 Å². The van der Waals surface area contributed by atoms with Crippen LogP contribution in [-0.2, 0) is 5.75 Å². The molecule has 0 saturated heterocycles. The summed E-state index contributed by atoms with van der Waals surface area (Å²) >= 11 is 1.84. The summed E-state index contributed by atoms with van der Waals surface area (Å²) in [5.41, 5.74) is 2.13. The van der Waals surface area contributed by atoms with Gasteiger partial charge in [-0.3, -0.25) is 0 Å². The molecule has 2 N–H and O–H groups in total. The minimum Gasteiger partial charge on any atom is -0.478 e. The van der Waals surface area contributed by atoms with Crippen molar-refractivity contribution in [1.29, 1.82) is 0 Å². The summed E-state index contributed by atoms with van der Waals surface area (Å²) in [6.07, 6.45) is 0. The summed E-state index contributed by atoms with van der Waals surface area (Å²) in [7, 11) is 0. The summed E-state index contributed by atoms with van der Waals surface area (Å²) < 4.78 is 0. The highest BCUT2D eigenvalue weighted by molar-refractivity contribution is 7.99. The third kappa shape index (κ3) is 2.64. The van der Waals surface area contributed by atoms with Gasteiger partial charge in [-0.05, 0) is 17.4 Å². The van der Waals surface area contributed by atoms with Crippen LogP contribution in [0.2, 0.25) is 0 Å². The monoisotopic (exact) mass is 249 g/mol. The average molecular weight is 249 g/mol. The molecule has 1 aromatic heterocycles. The third-order valence-corrected chi connectivity index (χ3v) is 3.66. The Balaban J connectivity index is 2.36. The van der Waals surface area contributed by atoms with Gasteiger partial charge in [0.2, 0.25) is 0 Å². The molecule has 4 heteroatoms. The highest BCUT2D eigenvalue weighted by Crippen LogP contribution is 2.23. The van der Waals surface area contributed by atoms with E-state index < -0.39 is 5.97 Å². The summed E-state index contributed by atoms with van der Waals surface area (Å²) in [6, 6.07) is 7.36. The van der Waals surface area contributed by atoms with Crippen molar-refractivity contribution < 1.29 is 9.90 Å². The molecule has 0 aliphatic rings. The second-order valence-electron chi connectivity index (χ2n) is 4.23. The van der Waals surface area contributed by atoms with Crippen molar-refractivity contribution in [3.05, 3.63) is 35.5 Å². The van der Waals surface area contributed by atoms with Crippen LogP contribution in [0.4, 0.5) is 0 Å². The Morgan fingerprint density at radius 1 is 1.47 bits per heavy atom. The van der Waals surface area contributed by atoms with Gasteiger partial charge in [0.25, 0.3) is 0 Å². The van der Waals surface area contributed by atoms with Crippen LogP contribution in [0.3, 0.4) is 0 Å². The van der Waals surface area contributed by atoms with Gasteiger partial charge in [0, 0.05) is 16.8 Å². The van der Waals surface area contributed by atoms with E-state index in [1.165, 1.54) is 0 Å². The van der Waals surface area contributed by atoms with Gasteiger partial charge < -0.3 is 10.1 Å². The highest BCUT2D eigenvalue weighted by Gasteiger charge is 2.10. The fraction of sp³-hybridized carbons (Fsp3) is 0.308. The molecule has 0 aliphatic heterocycles. The van der Waals surface area contributed by atoms with Gasteiger partial charge in [-0.1, -0.05) is 26.0 Å². The molecule has 2 rings (SSSR count). The standard InChI is InChI=1S/C13H15NO2S/c1-8(2)17-7-10-6-9-4-3-5-11(13(15)16)12(9)14-10/h3-6,8,14H,7H2,1-2H3,(H,15,16). The summed E-state index contributed by atoms with van der Waals surface area (Å²) in [5.74, 6) is -0.00805. The molecule has 0 fully saturated rings. The number of H-pyrrole nitrogens is 1. The smallest absolute Gasteiger partial charge is 0.337 e. The molecule has 2 aromatic rings. The van der Waals surface area contributed by atoms with Crippen molar-refractivity contribution in [1.82, 2.24) is 4.98 Å². The number of nitrogens with one attached hydrogen (secondary N) is 1. The number of hydrogen-bond donors (Lipinski definition) is 2. The summed E-state index contributed by atoms with van der Waals surface area (Å²) in [4.78, 5) is 14.3. The summed E-state index contributed by atoms with van der Waals surface area (Å²) in [5, 5.41) is 10.6. The number of aromatic carboxylic acids is 1. The predicted octanol–water partition coefficient (Wildman–Crippen LogP) is 3.51. The van der Waals surface area contributed by atoms with E-state index in [0.717, 1.165) is 22.3 Å². The van der Waals surface area contributed by atoms with Crippen LogP contribution in [0.1, 0.15) is 29.9 Å². The molecular formula is C13H15NO2S. The largest absolute Gasteiger partial charge is 0.478 e. The van der Waals surface area contributed by atoms with Crippen LogP contribution >= 0.6 is 11.8 Å². The molecule has 0 saturated carbocycles. The number of hydrogen-bond acceptors (Lipinski definition) is 2. The van der Waals surface area contributed by atoms with Gasteiger partial charge >= 0.3 is 5.97 Å². The third-order valence-electron chi connectivity index (χ3n) is 2.51. The Hall–Kier alpha value is -1.42. The molecule has 0 radical (unpaired) electrons. The number of rotatable bonds is 4. The van der Waals surface area contributed by atoms with Gasteiger partial charge in [0.1, 0.15) is 0 Å². The van der Waals surface area contributed by atoms with Crippen molar-refractivity contribution in [2.75, 3.05) is 0 Å². The van der Waals surface area contributed by atoms with Crippen LogP contribution in [0.15, 0.2) is 24.3 Å². The molecule has 3 nitrogen and oxygen atoms in total. The normalized spacial score (nSPS) is 11.2. The van der Waals surface area contributed by atoms with Gasteiger partial charge in [0.05, 0.1) is 11.1 Å². The van der Waals surface area contributed by atoms with E-state index in [1.54, 1.807) is 12.1 Å². The Kier molecular flexibility index (Phi) is 3.43. The zero-order chi connectivity index (χ0) is 12.4. The van der Waals surface area contributed by atoms with Crippen molar-refractivity contribution in [2.45, 2.75) is 24.9 Å². The van der Waals surface area contributed by atoms with Crippen molar-refractivity contribution in [2.24, 2.45) is 0 Å². The number of carboxylic acids is 1. The number of thioether (sulfide) groups is 1. The Morgan fingerprint density at radius 2 is 2.24 bits per heavy atom. The topological polar surface area (TPSA) is 53.1 Å². The predicted molar refractivity (Wildman–Crippen MR) is 71.7 cm³/mol. The van der Waals surface area contributed by atoms with E-state index in [0.29, 0.717) is 10.8 Å². The van der Waals surface area contributed by atoms with E-state index in [2.05, 4.69) is 18.8 Å². The zero-order valence-corrected chi connectivity index (χ0v) is 10.7. The minimum absolute atomic E-state index is 0.336. The molecule has 0 bridgehead atoms. The minimum atomic E-state index is -0.888. The number of carbonyl (C=O) groups is 1. The first-order chi connectivity index (χ1) is 8.08. The number of para-hydroxylation sites is 1. The second kappa shape index (κ2) is 4.84. The molecule has 1 heterocycles. The number of carboxylic acid groups (broad SMARTS) is 1. The maximum atomic E-state index is 11.1. The molecule has 0 amide bonds. The second-order valence-corrected chi connectivity index (χ2v) is 5.79. The number of fused-ring (bicyclic) bond motifs is 1. The van der Waals surface area contributed by atoms with E-state index >= 15 is 0 Å². The summed E-state index contributed by atoms with van der Waals surface area (Å²) in [6.45, 7) is 4.30. The lowest BCUT2D eigenvalue weighted by Gasteiger charge is -2.01. The van der Waals surface area contributed by atoms with Gasteiger partial charge in [-0.25, -0.2) is 4.79 Å². The van der Waals surface area contributed by atoms with Crippen molar-refractivity contribution >= 4 is 28.6 Å². The van der Waals surface area contributed by atoms with E-state index in [9.17, 15) is 4.79 Å². The molecule has 0 aliphatic carbocycles. The van der Waals surface area contributed by atoms with Gasteiger partial charge in [-0.2, -0.15) is 11.8 Å². The van der Waals surface area contributed by atoms with Crippen LogP contribution in [0.25, 0.3) is 10.9 Å². The Morgan fingerprint density at radius 3 is 2.88 bits per heavy atom. The van der Waals surface area contributed by atoms with Gasteiger partial charge in [0.15, 0.2) is 0 Å². The van der Waals surface area contributed by atoms with Crippen LogP contribution < -0.4 is 0 Å². The molecular weight excluding hydrogens is 234 g/mol. The number of aromatic nitrogens is 1. The lowest BCUT2D eigenvalue weighted by atomic mass is 10.1. The quantitative estimate of drug-likeness (QED) is 0.871. The maximum Gasteiger partial charge on any atom is 0.337 e. The molecule has 0 spiro atoms. The maximum absolute atomic E-state index is 11.1. The van der Waals surface area contributed by atoms with Crippen molar-refractivity contribution in [3.63, 3.8) is 0 Å². The number of benzene rings is 1. The number of aromatic amines is 1. The fourth-order valence-electron chi connectivity index (χ4n) is 1.73. The van der Waals surface area contributed by atoms with Gasteiger partial charge in [-0.15, -0.1) is 0 Å². The highest BCUT2D eigenvalue weighted by atomic mass is 32.2. The average Bonchev–Trinajstić information content (AvgIpc) is 2.68. The molecule has 1 aromatic carbocycles. The fourth-order valence-corrected chi connectivity index (χ4v) is 2.40. The first kappa shape index (κ1) is 12.0.